The Labute approximate surface area is 88.1 Å². The predicted molar refractivity (Wildman–Crippen MR) is 58.8 cm³/mol. The van der Waals surface area contributed by atoms with E-state index >= 15 is 0 Å². The van der Waals surface area contributed by atoms with Gasteiger partial charge in [-0.25, -0.2) is 0 Å². The summed E-state index contributed by atoms with van der Waals surface area (Å²) in [6.45, 7) is 3.29. The molecular formula is C10H14ClNS. The molecule has 1 aliphatic rings. The van der Waals surface area contributed by atoms with Crippen LogP contribution < -0.4 is 5.32 Å². The molecular weight excluding hydrogens is 202 g/mol. The summed E-state index contributed by atoms with van der Waals surface area (Å²) in [5.74, 6) is 0. The second-order valence-electron chi connectivity index (χ2n) is 3.63. The minimum atomic E-state index is 0.663. The minimum Gasteiger partial charge on any atom is -0.314 e. The van der Waals surface area contributed by atoms with E-state index in [9.17, 15) is 0 Å². The quantitative estimate of drug-likeness (QED) is 0.800. The smallest absolute Gasteiger partial charge is 0.0548 e. The number of hydrogen-bond acceptors (Lipinski definition) is 2. The van der Waals surface area contributed by atoms with Crippen LogP contribution in [0.25, 0.3) is 0 Å². The lowest BCUT2D eigenvalue weighted by Gasteiger charge is -2.07. The van der Waals surface area contributed by atoms with E-state index in [4.69, 9.17) is 11.6 Å². The number of aryl methyl sites for hydroxylation is 1. The molecule has 2 heterocycles. The van der Waals surface area contributed by atoms with Gasteiger partial charge in [-0.05, 0) is 38.8 Å². The molecule has 0 spiro atoms. The van der Waals surface area contributed by atoms with E-state index < -0.39 is 0 Å². The van der Waals surface area contributed by atoms with Crippen molar-refractivity contribution in [3.05, 3.63) is 20.8 Å². The van der Waals surface area contributed by atoms with Crippen LogP contribution in [-0.4, -0.2) is 12.6 Å². The first-order valence-electron chi connectivity index (χ1n) is 4.74. The van der Waals surface area contributed by atoms with Gasteiger partial charge in [-0.3, -0.25) is 0 Å². The Kier molecular flexibility index (Phi) is 2.92. The third-order valence-electron chi connectivity index (χ3n) is 2.47. The number of nitrogens with one attached hydrogen (secondary N) is 1. The zero-order valence-electron chi connectivity index (χ0n) is 7.77. The highest BCUT2D eigenvalue weighted by Gasteiger charge is 2.16. The molecule has 0 aromatic carbocycles. The van der Waals surface area contributed by atoms with Crippen LogP contribution in [0.3, 0.4) is 0 Å². The molecule has 1 nitrogen and oxygen atoms in total. The van der Waals surface area contributed by atoms with E-state index in [2.05, 4.69) is 18.3 Å². The average Bonchev–Trinajstić information content (AvgIpc) is 2.63. The molecule has 0 amide bonds. The Hall–Kier alpha value is -0.0500. The molecule has 1 N–H and O–H groups in total. The van der Waals surface area contributed by atoms with Crippen molar-refractivity contribution in [3.8, 4) is 0 Å². The number of rotatable bonds is 2. The van der Waals surface area contributed by atoms with Gasteiger partial charge in [0.05, 0.1) is 5.02 Å². The molecule has 0 radical (unpaired) electrons. The van der Waals surface area contributed by atoms with E-state index in [0.29, 0.717) is 6.04 Å². The van der Waals surface area contributed by atoms with Crippen LogP contribution >= 0.6 is 22.9 Å². The van der Waals surface area contributed by atoms with Crippen molar-refractivity contribution in [1.82, 2.24) is 5.32 Å². The van der Waals surface area contributed by atoms with Gasteiger partial charge in [-0.1, -0.05) is 11.6 Å². The number of halogens is 1. The molecule has 0 saturated carbocycles. The average molecular weight is 216 g/mol. The van der Waals surface area contributed by atoms with Crippen LogP contribution in [0.5, 0.6) is 0 Å². The molecule has 2 rings (SSSR count). The topological polar surface area (TPSA) is 12.0 Å². The second-order valence-corrected chi connectivity index (χ2v) is 5.37. The molecule has 1 unspecified atom stereocenters. The fraction of sp³-hybridized carbons (Fsp3) is 0.600. The van der Waals surface area contributed by atoms with Gasteiger partial charge in [0.1, 0.15) is 0 Å². The first kappa shape index (κ1) is 9.50. The fourth-order valence-electron chi connectivity index (χ4n) is 1.83. The van der Waals surface area contributed by atoms with Gasteiger partial charge in [-0.2, -0.15) is 0 Å². The Morgan fingerprint density at radius 2 is 2.54 bits per heavy atom. The summed E-state index contributed by atoms with van der Waals surface area (Å²) in [5.41, 5.74) is 0. The van der Waals surface area contributed by atoms with Crippen molar-refractivity contribution < 1.29 is 0 Å². The highest BCUT2D eigenvalue weighted by Crippen LogP contribution is 2.28. The maximum absolute atomic E-state index is 6.11. The monoisotopic (exact) mass is 215 g/mol. The van der Waals surface area contributed by atoms with E-state index in [1.807, 2.05) is 11.3 Å². The maximum atomic E-state index is 6.11. The highest BCUT2D eigenvalue weighted by molar-refractivity contribution is 7.12. The number of hydrogen-bond donors (Lipinski definition) is 1. The number of thiophene rings is 1. The van der Waals surface area contributed by atoms with Gasteiger partial charge >= 0.3 is 0 Å². The van der Waals surface area contributed by atoms with Crippen LogP contribution in [0, 0.1) is 6.92 Å². The molecule has 1 aliphatic heterocycles. The largest absolute Gasteiger partial charge is 0.314 e. The van der Waals surface area contributed by atoms with Crippen molar-refractivity contribution in [2.24, 2.45) is 0 Å². The Bertz CT molecular complexity index is 289. The standard InChI is InChI=1S/C10H14ClNS/c1-7-5-9(11)10(13-7)6-8-3-2-4-12-8/h5,8,12H,2-4,6H2,1H3. The summed E-state index contributed by atoms with van der Waals surface area (Å²) >= 11 is 7.94. The van der Waals surface area contributed by atoms with Crippen molar-refractivity contribution in [2.45, 2.75) is 32.2 Å². The molecule has 0 bridgehead atoms. The van der Waals surface area contributed by atoms with Gasteiger partial charge in [0, 0.05) is 15.8 Å². The lowest BCUT2D eigenvalue weighted by atomic mass is 10.1. The van der Waals surface area contributed by atoms with Gasteiger partial charge in [-0.15, -0.1) is 11.3 Å². The van der Waals surface area contributed by atoms with Gasteiger partial charge < -0.3 is 5.32 Å². The summed E-state index contributed by atoms with van der Waals surface area (Å²) in [6.07, 6.45) is 3.72. The minimum absolute atomic E-state index is 0.663. The first-order valence-corrected chi connectivity index (χ1v) is 5.93. The second kappa shape index (κ2) is 3.99. The SMILES string of the molecule is Cc1cc(Cl)c(CC2CCCN2)s1. The highest BCUT2D eigenvalue weighted by atomic mass is 35.5. The molecule has 0 aliphatic carbocycles. The molecule has 1 aromatic rings. The van der Waals surface area contributed by atoms with Gasteiger partial charge in [0.2, 0.25) is 0 Å². The van der Waals surface area contributed by atoms with Gasteiger partial charge in [0.25, 0.3) is 0 Å². The van der Waals surface area contributed by atoms with Crippen LogP contribution in [0.1, 0.15) is 22.6 Å². The molecule has 1 saturated heterocycles. The third-order valence-corrected chi connectivity index (χ3v) is 4.00. The van der Waals surface area contributed by atoms with Crippen molar-refractivity contribution in [1.29, 1.82) is 0 Å². The lowest BCUT2D eigenvalue weighted by molar-refractivity contribution is 0.608. The van der Waals surface area contributed by atoms with Crippen molar-refractivity contribution >= 4 is 22.9 Å². The van der Waals surface area contributed by atoms with E-state index in [1.165, 1.54) is 29.1 Å². The Balaban J connectivity index is 2.03. The zero-order valence-corrected chi connectivity index (χ0v) is 9.34. The molecule has 1 atom stereocenters. The Morgan fingerprint density at radius 1 is 1.69 bits per heavy atom. The fourth-order valence-corrected chi connectivity index (χ4v) is 3.25. The predicted octanol–water partition coefficient (Wildman–Crippen LogP) is 3.00. The summed E-state index contributed by atoms with van der Waals surface area (Å²) in [6, 6.07) is 2.73. The Morgan fingerprint density at radius 3 is 3.08 bits per heavy atom. The maximum Gasteiger partial charge on any atom is 0.0548 e. The summed E-state index contributed by atoms with van der Waals surface area (Å²) in [5, 5.41) is 4.44. The van der Waals surface area contributed by atoms with E-state index in [0.717, 1.165) is 11.4 Å². The normalized spacial score (nSPS) is 22.5. The van der Waals surface area contributed by atoms with Crippen LogP contribution in [0.15, 0.2) is 6.07 Å². The summed E-state index contributed by atoms with van der Waals surface area (Å²) in [4.78, 5) is 2.66. The van der Waals surface area contributed by atoms with Crippen molar-refractivity contribution in [3.63, 3.8) is 0 Å². The first-order chi connectivity index (χ1) is 6.25. The molecule has 72 valence electrons. The molecule has 1 fully saturated rings. The van der Waals surface area contributed by atoms with Crippen LogP contribution in [-0.2, 0) is 6.42 Å². The van der Waals surface area contributed by atoms with E-state index in [-0.39, 0.29) is 0 Å². The van der Waals surface area contributed by atoms with Crippen LogP contribution in [0.4, 0.5) is 0 Å². The van der Waals surface area contributed by atoms with E-state index in [1.54, 1.807) is 0 Å². The molecule has 3 heteroatoms. The molecule has 1 aromatic heterocycles. The summed E-state index contributed by atoms with van der Waals surface area (Å²) in [7, 11) is 0. The third kappa shape index (κ3) is 2.25. The van der Waals surface area contributed by atoms with Crippen molar-refractivity contribution in [2.75, 3.05) is 6.54 Å². The van der Waals surface area contributed by atoms with Gasteiger partial charge in [0.15, 0.2) is 0 Å². The molecule has 13 heavy (non-hydrogen) atoms. The summed E-state index contributed by atoms with van der Waals surface area (Å²) < 4.78 is 0. The zero-order chi connectivity index (χ0) is 9.26. The lowest BCUT2D eigenvalue weighted by Crippen LogP contribution is -2.23. The van der Waals surface area contributed by atoms with Crippen LogP contribution in [0.2, 0.25) is 5.02 Å².